The molecular weight excluding hydrogens is 324 g/mol. The largest absolute Gasteiger partial charge is 0.416 e. The molecule has 0 unspecified atom stereocenters. The molecule has 106 valence electrons. The van der Waals surface area contributed by atoms with Gasteiger partial charge in [-0.25, -0.2) is 4.39 Å². The third-order valence-corrected chi connectivity index (χ3v) is 2.34. The Bertz CT molecular complexity index is 477. The van der Waals surface area contributed by atoms with Crippen LogP contribution in [0.2, 0.25) is 0 Å². The van der Waals surface area contributed by atoms with E-state index in [0.717, 1.165) is 0 Å². The number of hydrogen-bond donors (Lipinski definition) is 0. The smallest absolute Gasteiger partial charge is 0.204 e. The van der Waals surface area contributed by atoms with Gasteiger partial charge in [-0.3, -0.25) is 0 Å². The molecule has 0 radical (unpaired) electrons. The lowest BCUT2D eigenvalue weighted by molar-refractivity contribution is -0.143. The van der Waals surface area contributed by atoms with Gasteiger partial charge in [0.25, 0.3) is 0 Å². The summed E-state index contributed by atoms with van der Waals surface area (Å²) >= 11 is 10.0. The minimum absolute atomic E-state index is 0.126. The molecule has 0 fully saturated rings. The van der Waals surface area contributed by atoms with Gasteiger partial charge in [0.2, 0.25) is 0 Å². The van der Waals surface area contributed by atoms with E-state index in [4.69, 9.17) is 23.2 Å². The Labute approximate surface area is 112 Å². The molecule has 1 rings (SSSR count). The highest BCUT2D eigenvalue weighted by Gasteiger charge is 2.37. The fraction of sp³-hybridized carbons (Fsp3) is 0.200. The summed E-state index contributed by atoms with van der Waals surface area (Å²) in [5.74, 6) is -1.57. The van der Waals surface area contributed by atoms with E-state index in [0.29, 0.717) is 0 Å². The highest BCUT2D eigenvalue weighted by atomic mass is 35.5. The van der Waals surface area contributed by atoms with Crippen molar-refractivity contribution >= 4 is 29.0 Å². The van der Waals surface area contributed by atoms with Gasteiger partial charge in [-0.2, -0.15) is 26.3 Å². The van der Waals surface area contributed by atoms with E-state index < -0.39 is 39.4 Å². The van der Waals surface area contributed by atoms with E-state index in [1.807, 2.05) is 0 Å². The summed E-state index contributed by atoms with van der Waals surface area (Å²) in [5.41, 5.74) is -4.30. The van der Waals surface area contributed by atoms with E-state index in [1.54, 1.807) is 0 Å². The van der Waals surface area contributed by atoms with Crippen molar-refractivity contribution in [1.82, 2.24) is 0 Å². The van der Waals surface area contributed by atoms with Gasteiger partial charge in [0, 0.05) is 5.56 Å². The average Bonchev–Trinajstić information content (AvgIpc) is 2.24. The van der Waals surface area contributed by atoms with Crippen LogP contribution in [0.4, 0.5) is 30.7 Å². The SMILES string of the molecule is FC(=C(Cl)Cl)c1cc(C(F)(F)F)cc(C(F)(F)F)c1. The second-order valence-electron chi connectivity index (χ2n) is 3.37. The third-order valence-electron chi connectivity index (χ3n) is 2.01. The maximum absolute atomic E-state index is 13.3. The van der Waals surface area contributed by atoms with Crippen LogP contribution in [-0.2, 0) is 12.4 Å². The van der Waals surface area contributed by atoms with Crippen molar-refractivity contribution in [2.24, 2.45) is 0 Å². The second-order valence-corrected chi connectivity index (χ2v) is 4.32. The number of hydrogen-bond acceptors (Lipinski definition) is 0. The van der Waals surface area contributed by atoms with Crippen molar-refractivity contribution in [2.45, 2.75) is 12.4 Å². The van der Waals surface area contributed by atoms with Gasteiger partial charge in [-0.1, -0.05) is 23.2 Å². The molecule has 0 aromatic heterocycles. The van der Waals surface area contributed by atoms with Crippen molar-refractivity contribution in [2.75, 3.05) is 0 Å². The topological polar surface area (TPSA) is 0 Å². The maximum Gasteiger partial charge on any atom is 0.416 e. The van der Waals surface area contributed by atoms with Crippen LogP contribution in [0.1, 0.15) is 16.7 Å². The average molecular weight is 327 g/mol. The Morgan fingerprint density at radius 1 is 0.789 bits per heavy atom. The van der Waals surface area contributed by atoms with E-state index >= 15 is 0 Å². The van der Waals surface area contributed by atoms with Crippen molar-refractivity contribution in [3.05, 3.63) is 39.4 Å². The summed E-state index contributed by atoms with van der Waals surface area (Å²) in [4.78, 5) is 0. The molecule has 19 heavy (non-hydrogen) atoms. The standard InChI is InChI=1S/C10H3Cl2F7/c11-8(12)7(13)4-1-5(9(14,15)16)3-6(2-4)10(17,18)19/h1-3H. The first-order chi connectivity index (χ1) is 8.43. The van der Waals surface area contributed by atoms with Gasteiger partial charge >= 0.3 is 12.4 Å². The van der Waals surface area contributed by atoms with Gasteiger partial charge in [0.15, 0.2) is 5.83 Å². The zero-order chi connectivity index (χ0) is 15.0. The Kier molecular flexibility index (Phi) is 4.41. The normalized spacial score (nSPS) is 12.5. The highest BCUT2D eigenvalue weighted by molar-refractivity contribution is 6.58. The number of halogens is 9. The Morgan fingerprint density at radius 3 is 1.42 bits per heavy atom. The van der Waals surface area contributed by atoms with Crippen molar-refractivity contribution < 1.29 is 30.7 Å². The number of benzene rings is 1. The van der Waals surface area contributed by atoms with Gasteiger partial charge in [-0.05, 0) is 18.2 Å². The zero-order valence-corrected chi connectivity index (χ0v) is 10.1. The third kappa shape index (κ3) is 4.01. The van der Waals surface area contributed by atoms with E-state index in [-0.39, 0.29) is 18.2 Å². The summed E-state index contributed by atoms with van der Waals surface area (Å²) in [6.07, 6.45) is -10.1. The molecule has 0 saturated heterocycles. The van der Waals surface area contributed by atoms with Crippen LogP contribution in [0.5, 0.6) is 0 Å². The summed E-state index contributed by atoms with van der Waals surface area (Å²) in [6.45, 7) is 0. The van der Waals surface area contributed by atoms with Crippen LogP contribution in [0, 0.1) is 0 Å². The molecule has 0 atom stereocenters. The molecule has 0 nitrogen and oxygen atoms in total. The first kappa shape index (κ1) is 16.1. The predicted molar refractivity (Wildman–Crippen MR) is 56.2 cm³/mol. The quantitative estimate of drug-likeness (QED) is 0.572. The molecule has 0 aliphatic carbocycles. The lowest BCUT2D eigenvalue weighted by Gasteiger charge is -2.13. The molecule has 9 heteroatoms. The Morgan fingerprint density at radius 2 is 1.16 bits per heavy atom. The number of rotatable bonds is 1. The van der Waals surface area contributed by atoms with Gasteiger partial charge in [0.05, 0.1) is 11.1 Å². The fourth-order valence-electron chi connectivity index (χ4n) is 1.19. The van der Waals surface area contributed by atoms with Crippen molar-refractivity contribution in [3.8, 4) is 0 Å². The van der Waals surface area contributed by atoms with Crippen molar-refractivity contribution in [3.63, 3.8) is 0 Å². The molecule has 0 saturated carbocycles. The lowest BCUT2D eigenvalue weighted by atomic mass is 10.0. The Balaban J connectivity index is 3.55. The Hall–Kier alpha value is -0.950. The molecule has 0 amide bonds. The molecule has 0 heterocycles. The molecule has 0 aliphatic rings. The van der Waals surface area contributed by atoms with Crippen LogP contribution in [0.25, 0.3) is 5.83 Å². The number of alkyl halides is 6. The van der Waals surface area contributed by atoms with Gasteiger partial charge < -0.3 is 0 Å². The summed E-state index contributed by atoms with van der Waals surface area (Å²) in [5, 5.41) is 0. The highest BCUT2D eigenvalue weighted by Crippen LogP contribution is 2.38. The van der Waals surface area contributed by atoms with E-state index in [9.17, 15) is 30.7 Å². The first-order valence-electron chi connectivity index (χ1n) is 4.43. The maximum atomic E-state index is 13.3. The zero-order valence-electron chi connectivity index (χ0n) is 8.63. The molecule has 0 N–H and O–H groups in total. The molecule has 0 bridgehead atoms. The predicted octanol–water partition coefficient (Wildman–Crippen LogP) is 5.80. The minimum Gasteiger partial charge on any atom is -0.204 e. The summed E-state index contributed by atoms with van der Waals surface area (Å²) < 4.78 is 86.8. The second kappa shape index (κ2) is 5.20. The molecule has 0 aliphatic heterocycles. The van der Waals surface area contributed by atoms with Crippen LogP contribution in [0.3, 0.4) is 0 Å². The summed E-state index contributed by atoms with van der Waals surface area (Å²) in [7, 11) is 0. The van der Waals surface area contributed by atoms with Crippen LogP contribution >= 0.6 is 23.2 Å². The van der Waals surface area contributed by atoms with Crippen LogP contribution in [0.15, 0.2) is 22.7 Å². The lowest BCUT2D eigenvalue weighted by Crippen LogP contribution is -2.11. The molecular formula is C10H3Cl2F7. The molecule has 1 aromatic rings. The van der Waals surface area contributed by atoms with Gasteiger partial charge in [0.1, 0.15) is 4.49 Å². The van der Waals surface area contributed by atoms with Crippen LogP contribution < -0.4 is 0 Å². The monoisotopic (exact) mass is 326 g/mol. The minimum atomic E-state index is -5.06. The molecule has 0 spiro atoms. The van der Waals surface area contributed by atoms with Gasteiger partial charge in [-0.15, -0.1) is 0 Å². The van der Waals surface area contributed by atoms with E-state index in [2.05, 4.69) is 0 Å². The van der Waals surface area contributed by atoms with E-state index in [1.165, 1.54) is 0 Å². The first-order valence-corrected chi connectivity index (χ1v) is 5.19. The van der Waals surface area contributed by atoms with Crippen molar-refractivity contribution in [1.29, 1.82) is 0 Å². The summed E-state index contributed by atoms with van der Waals surface area (Å²) in [6, 6.07) is 0.254. The molecule has 1 aromatic carbocycles. The van der Waals surface area contributed by atoms with Crippen LogP contribution in [-0.4, -0.2) is 0 Å². The fourth-order valence-corrected chi connectivity index (χ4v) is 1.41.